The zero-order valence-electron chi connectivity index (χ0n) is 16.2. The molecule has 28 heavy (non-hydrogen) atoms. The number of rotatable bonds is 5. The van der Waals surface area contributed by atoms with Crippen molar-refractivity contribution in [3.8, 4) is 22.9 Å². The molecule has 0 spiro atoms. The van der Waals surface area contributed by atoms with Crippen molar-refractivity contribution in [2.75, 3.05) is 6.54 Å². The van der Waals surface area contributed by atoms with Crippen LogP contribution in [0.3, 0.4) is 0 Å². The number of hydrogen-bond acceptors (Lipinski definition) is 4. The van der Waals surface area contributed by atoms with Gasteiger partial charge in [0.25, 0.3) is 5.91 Å². The Labute approximate surface area is 165 Å². The van der Waals surface area contributed by atoms with Gasteiger partial charge in [0.15, 0.2) is 0 Å². The van der Waals surface area contributed by atoms with Gasteiger partial charge in [-0.3, -0.25) is 4.79 Å². The third kappa shape index (κ3) is 3.84. The minimum Gasteiger partial charge on any atom is -0.416 e. The molecule has 1 heterocycles. The van der Waals surface area contributed by atoms with E-state index in [0.717, 1.165) is 30.5 Å². The summed E-state index contributed by atoms with van der Waals surface area (Å²) in [7, 11) is 0. The summed E-state index contributed by atoms with van der Waals surface area (Å²) in [5.74, 6) is 1.05. The number of hydrogen-bond donors (Lipinski definition) is 0. The van der Waals surface area contributed by atoms with Crippen molar-refractivity contribution in [1.82, 2.24) is 15.1 Å². The molecule has 1 aromatic heterocycles. The standard InChI is InChI=1S/C23H25N3O2/c1-2-26(20-11-7-4-8-12-20)23(27)19-15-13-18(14-16-19)22-25-24-21(28-22)17-9-5-3-6-10-17/h3,5-6,9-10,13-16,20H,2,4,7-8,11-12H2,1H3. The fourth-order valence-corrected chi connectivity index (χ4v) is 3.92. The quantitative estimate of drug-likeness (QED) is 0.615. The van der Waals surface area contributed by atoms with Gasteiger partial charge >= 0.3 is 0 Å². The normalized spacial score (nSPS) is 14.8. The highest BCUT2D eigenvalue weighted by Crippen LogP contribution is 2.26. The summed E-state index contributed by atoms with van der Waals surface area (Å²) >= 11 is 0. The van der Waals surface area contributed by atoms with E-state index in [-0.39, 0.29) is 5.91 Å². The van der Waals surface area contributed by atoms with E-state index in [1.165, 1.54) is 19.3 Å². The Hall–Kier alpha value is -2.95. The highest BCUT2D eigenvalue weighted by Gasteiger charge is 2.25. The number of benzene rings is 2. The summed E-state index contributed by atoms with van der Waals surface area (Å²) in [5.41, 5.74) is 2.41. The van der Waals surface area contributed by atoms with Crippen LogP contribution in [0.4, 0.5) is 0 Å². The number of carbonyl (C=O) groups excluding carboxylic acids is 1. The van der Waals surface area contributed by atoms with Gasteiger partial charge in [0.2, 0.25) is 11.8 Å². The van der Waals surface area contributed by atoms with Crippen molar-refractivity contribution in [3.05, 3.63) is 60.2 Å². The third-order valence-electron chi connectivity index (χ3n) is 5.44. The highest BCUT2D eigenvalue weighted by molar-refractivity contribution is 5.94. The van der Waals surface area contributed by atoms with E-state index in [0.29, 0.717) is 23.4 Å². The summed E-state index contributed by atoms with van der Waals surface area (Å²) in [6.45, 7) is 2.81. The van der Waals surface area contributed by atoms with Crippen LogP contribution in [0.1, 0.15) is 49.4 Å². The van der Waals surface area contributed by atoms with Crippen LogP contribution >= 0.6 is 0 Å². The molecule has 1 fully saturated rings. The molecular formula is C23H25N3O2. The molecule has 2 aromatic carbocycles. The molecule has 0 N–H and O–H groups in total. The van der Waals surface area contributed by atoms with Crippen molar-refractivity contribution in [3.63, 3.8) is 0 Å². The van der Waals surface area contributed by atoms with Gasteiger partial charge in [-0.05, 0) is 56.2 Å². The van der Waals surface area contributed by atoms with E-state index in [9.17, 15) is 4.79 Å². The van der Waals surface area contributed by atoms with Crippen molar-refractivity contribution in [2.24, 2.45) is 0 Å². The number of nitrogens with zero attached hydrogens (tertiary/aromatic N) is 3. The van der Waals surface area contributed by atoms with Crippen molar-refractivity contribution in [2.45, 2.75) is 45.1 Å². The summed E-state index contributed by atoms with van der Waals surface area (Å²) in [6.07, 6.45) is 5.94. The van der Waals surface area contributed by atoms with Crippen LogP contribution in [0.25, 0.3) is 22.9 Å². The first-order valence-electron chi connectivity index (χ1n) is 10.1. The Balaban J connectivity index is 1.50. The second-order valence-corrected chi connectivity index (χ2v) is 7.24. The predicted molar refractivity (Wildman–Crippen MR) is 109 cm³/mol. The van der Waals surface area contributed by atoms with Gasteiger partial charge in [-0.25, -0.2) is 0 Å². The van der Waals surface area contributed by atoms with Crippen molar-refractivity contribution < 1.29 is 9.21 Å². The first-order valence-corrected chi connectivity index (χ1v) is 10.1. The van der Waals surface area contributed by atoms with E-state index >= 15 is 0 Å². The predicted octanol–water partition coefficient (Wildman–Crippen LogP) is 5.20. The Kier molecular flexibility index (Phi) is 5.51. The number of aromatic nitrogens is 2. The van der Waals surface area contributed by atoms with Gasteiger partial charge in [0.05, 0.1) is 0 Å². The SMILES string of the molecule is CCN(C(=O)c1ccc(-c2nnc(-c3ccccc3)o2)cc1)C1CCCCC1. The van der Waals surface area contributed by atoms with E-state index in [1.807, 2.05) is 59.5 Å². The molecule has 1 amide bonds. The molecule has 0 radical (unpaired) electrons. The van der Waals surface area contributed by atoms with Gasteiger partial charge in [-0.15, -0.1) is 10.2 Å². The molecule has 1 aliphatic carbocycles. The van der Waals surface area contributed by atoms with E-state index < -0.39 is 0 Å². The first kappa shape index (κ1) is 18.4. The summed E-state index contributed by atoms with van der Waals surface area (Å²) in [4.78, 5) is 15.0. The van der Waals surface area contributed by atoms with Gasteiger partial charge in [0, 0.05) is 29.3 Å². The average molecular weight is 375 g/mol. The van der Waals surface area contributed by atoms with Crippen LogP contribution in [0.5, 0.6) is 0 Å². The minimum atomic E-state index is 0.108. The van der Waals surface area contributed by atoms with Gasteiger partial charge in [-0.1, -0.05) is 37.5 Å². The highest BCUT2D eigenvalue weighted by atomic mass is 16.4. The topological polar surface area (TPSA) is 59.2 Å². The van der Waals surface area contributed by atoms with Gasteiger partial charge in [-0.2, -0.15) is 0 Å². The third-order valence-corrected chi connectivity index (χ3v) is 5.44. The average Bonchev–Trinajstić information content (AvgIpc) is 3.26. The fourth-order valence-electron chi connectivity index (χ4n) is 3.92. The molecule has 4 rings (SSSR count). The molecule has 5 heteroatoms. The Bertz CT molecular complexity index is 913. The molecular weight excluding hydrogens is 350 g/mol. The zero-order valence-corrected chi connectivity index (χ0v) is 16.2. The van der Waals surface area contributed by atoms with Crippen LogP contribution in [0.15, 0.2) is 59.0 Å². The monoisotopic (exact) mass is 375 g/mol. The summed E-state index contributed by atoms with van der Waals surface area (Å²) in [6, 6.07) is 17.5. The van der Waals surface area contributed by atoms with E-state index in [2.05, 4.69) is 17.1 Å². The molecule has 3 aromatic rings. The molecule has 0 saturated heterocycles. The Morgan fingerprint density at radius 2 is 1.54 bits per heavy atom. The smallest absolute Gasteiger partial charge is 0.254 e. The lowest BCUT2D eigenvalue weighted by molar-refractivity contribution is 0.0648. The van der Waals surface area contributed by atoms with Crippen LogP contribution in [-0.4, -0.2) is 33.6 Å². The molecule has 0 unspecified atom stereocenters. The summed E-state index contributed by atoms with van der Waals surface area (Å²) in [5, 5.41) is 8.28. The van der Waals surface area contributed by atoms with Crippen LogP contribution in [-0.2, 0) is 0 Å². The van der Waals surface area contributed by atoms with Crippen molar-refractivity contribution in [1.29, 1.82) is 0 Å². The zero-order chi connectivity index (χ0) is 19.3. The lowest BCUT2D eigenvalue weighted by Gasteiger charge is -2.33. The Morgan fingerprint density at radius 3 is 2.14 bits per heavy atom. The maximum absolute atomic E-state index is 13.0. The molecule has 0 aliphatic heterocycles. The molecule has 1 aliphatic rings. The minimum absolute atomic E-state index is 0.108. The maximum atomic E-state index is 13.0. The Morgan fingerprint density at radius 1 is 0.929 bits per heavy atom. The maximum Gasteiger partial charge on any atom is 0.254 e. The lowest BCUT2D eigenvalue weighted by Crippen LogP contribution is -2.41. The van der Waals surface area contributed by atoms with Crippen molar-refractivity contribution >= 4 is 5.91 Å². The number of amides is 1. The fraction of sp³-hybridized carbons (Fsp3) is 0.348. The second kappa shape index (κ2) is 8.38. The van der Waals surface area contributed by atoms with Crippen LogP contribution < -0.4 is 0 Å². The molecule has 5 nitrogen and oxygen atoms in total. The lowest BCUT2D eigenvalue weighted by atomic mass is 9.93. The van der Waals surface area contributed by atoms with E-state index in [4.69, 9.17) is 4.42 Å². The van der Waals surface area contributed by atoms with Gasteiger partial charge < -0.3 is 9.32 Å². The van der Waals surface area contributed by atoms with Crippen LogP contribution in [0, 0.1) is 0 Å². The molecule has 0 atom stereocenters. The second-order valence-electron chi connectivity index (χ2n) is 7.24. The largest absolute Gasteiger partial charge is 0.416 e. The summed E-state index contributed by atoms with van der Waals surface area (Å²) < 4.78 is 5.80. The number of carbonyl (C=O) groups is 1. The molecule has 1 saturated carbocycles. The first-order chi connectivity index (χ1) is 13.8. The van der Waals surface area contributed by atoms with E-state index in [1.54, 1.807) is 0 Å². The van der Waals surface area contributed by atoms with Crippen LogP contribution in [0.2, 0.25) is 0 Å². The van der Waals surface area contributed by atoms with Gasteiger partial charge in [0.1, 0.15) is 0 Å². The molecule has 0 bridgehead atoms. The molecule has 144 valence electrons.